The Kier molecular flexibility index (Phi) is 5.22. The molecule has 5 heteroatoms. The minimum absolute atomic E-state index is 0.0719. The number of aromatic nitrogens is 1. The molecule has 0 bridgehead atoms. The van der Waals surface area contributed by atoms with Gasteiger partial charge < -0.3 is 10.1 Å². The molecule has 2 aromatic rings. The summed E-state index contributed by atoms with van der Waals surface area (Å²) in [6, 6.07) is 10.6. The zero-order valence-electron chi connectivity index (χ0n) is 12.0. The van der Waals surface area contributed by atoms with E-state index in [-0.39, 0.29) is 17.8 Å². The second kappa shape index (κ2) is 7.13. The highest BCUT2D eigenvalue weighted by atomic mass is 19.3. The first-order chi connectivity index (χ1) is 10.1. The Labute approximate surface area is 123 Å². The molecule has 1 aromatic heterocycles. The van der Waals surface area contributed by atoms with Gasteiger partial charge in [-0.1, -0.05) is 18.2 Å². The van der Waals surface area contributed by atoms with Gasteiger partial charge in [0.15, 0.2) is 0 Å². The second-order valence-electron chi connectivity index (χ2n) is 4.81. The Hall–Kier alpha value is -2.01. The van der Waals surface area contributed by atoms with Crippen LogP contribution in [0.15, 0.2) is 48.8 Å². The summed E-state index contributed by atoms with van der Waals surface area (Å²) in [7, 11) is 0. The van der Waals surface area contributed by atoms with Gasteiger partial charge in [0, 0.05) is 30.0 Å². The third-order valence-electron chi connectivity index (χ3n) is 3.31. The van der Waals surface area contributed by atoms with E-state index in [0.717, 1.165) is 5.56 Å². The van der Waals surface area contributed by atoms with Crippen LogP contribution >= 0.6 is 0 Å². The van der Waals surface area contributed by atoms with Crippen LogP contribution in [0.1, 0.15) is 37.1 Å². The summed E-state index contributed by atoms with van der Waals surface area (Å²) in [4.78, 5) is 3.98. The first-order valence-electron chi connectivity index (χ1n) is 6.77. The van der Waals surface area contributed by atoms with E-state index in [1.807, 2.05) is 32.0 Å². The van der Waals surface area contributed by atoms with Crippen LogP contribution in [-0.2, 0) is 0 Å². The smallest absolute Gasteiger partial charge is 0.387 e. The standard InChI is InChI=1S/C16H18F2N2O/c1-11(13-7-9-19-10-8-13)20-12(2)14-5-3-4-6-15(14)21-16(17)18/h3-12,16,20H,1-2H3. The molecule has 0 radical (unpaired) electrons. The van der Waals surface area contributed by atoms with E-state index < -0.39 is 6.61 Å². The molecule has 0 saturated heterocycles. The van der Waals surface area contributed by atoms with Gasteiger partial charge in [0.2, 0.25) is 0 Å². The van der Waals surface area contributed by atoms with Crippen LogP contribution in [0.3, 0.4) is 0 Å². The quantitative estimate of drug-likeness (QED) is 0.870. The molecule has 0 aliphatic rings. The normalized spacial score (nSPS) is 14.0. The fraction of sp³-hybridized carbons (Fsp3) is 0.312. The topological polar surface area (TPSA) is 34.1 Å². The number of para-hydroxylation sites is 1. The predicted octanol–water partition coefficient (Wildman–Crippen LogP) is 4.09. The Bertz CT molecular complexity index is 563. The number of benzene rings is 1. The fourth-order valence-electron chi connectivity index (χ4n) is 2.25. The van der Waals surface area contributed by atoms with Crippen molar-refractivity contribution in [1.29, 1.82) is 0 Å². The molecule has 0 fully saturated rings. The maximum Gasteiger partial charge on any atom is 0.387 e. The van der Waals surface area contributed by atoms with Gasteiger partial charge in [-0.15, -0.1) is 0 Å². The van der Waals surface area contributed by atoms with Crippen molar-refractivity contribution in [3.8, 4) is 5.75 Å². The molecule has 1 aromatic carbocycles. The summed E-state index contributed by atoms with van der Waals surface area (Å²) in [6.45, 7) is 1.12. The predicted molar refractivity (Wildman–Crippen MR) is 77.3 cm³/mol. The average molecular weight is 292 g/mol. The van der Waals surface area contributed by atoms with E-state index in [2.05, 4.69) is 15.0 Å². The number of ether oxygens (including phenoxy) is 1. The van der Waals surface area contributed by atoms with Gasteiger partial charge in [-0.2, -0.15) is 8.78 Å². The second-order valence-corrected chi connectivity index (χ2v) is 4.81. The molecule has 2 rings (SSSR count). The molecule has 1 heterocycles. The molecule has 0 amide bonds. The maximum absolute atomic E-state index is 12.4. The Morgan fingerprint density at radius 1 is 1.00 bits per heavy atom. The van der Waals surface area contributed by atoms with Gasteiger partial charge in [-0.05, 0) is 37.6 Å². The van der Waals surface area contributed by atoms with Crippen LogP contribution in [0, 0.1) is 0 Å². The molecule has 2 atom stereocenters. The number of rotatable bonds is 6. The average Bonchev–Trinajstić information content (AvgIpc) is 2.48. The molecule has 112 valence electrons. The summed E-state index contributed by atoms with van der Waals surface area (Å²) in [6.07, 6.45) is 3.46. The van der Waals surface area contributed by atoms with Gasteiger partial charge >= 0.3 is 6.61 Å². The van der Waals surface area contributed by atoms with Crippen molar-refractivity contribution in [2.24, 2.45) is 0 Å². The van der Waals surface area contributed by atoms with Crippen molar-refractivity contribution in [3.63, 3.8) is 0 Å². The number of halogens is 2. The summed E-state index contributed by atoms with van der Waals surface area (Å²) in [5.41, 5.74) is 1.79. The lowest BCUT2D eigenvalue weighted by molar-refractivity contribution is -0.0506. The molecule has 0 aliphatic heterocycles. The highest BCUT2D eigenvalue weighted by Gasteiger charge is 2.16. The molecule has 3 nitrogen and oxygen atoms in total. The van der Waals surface area contributed by atoms with Crippen molar-refractivity contribution in [3.05, 3.63) is 59.9 Å². The van der Waals surface area contributed by atoms with Crippen LogP contribution in [0.5, 0.6) is 5.75 Å². The first kappa shape index (κ1) is 15.4. The van der Waals surface area contributed by atoms with E-state index in [1.54, 1.807) is 30.6 Å². The highest BCUT2D eigenvalue weighted by molar-refractivity contribution is 5.36. The van der Waals surface area contributed by atoms with Crippen molar-refractivity contribution in [1.82, 2.24) is 10.3 Å². The third-order valence-corrected chi connectivity index (χ3v) is 3.31. The fourth-order valence-corrected chi connectivity index (χ4v) is 2.25. The van der Waals surface area contributed by atoms with Gasteiger partial charge in [0.05, 0.1) is 0 Å². The number of alkyl halides is 2. The number of nitrogens with one attached hydrogen (secondary N) is 1. The number of nitrogens with zero attached hydrogens (tertiary/aromatic N) is 1. The molecule has 2 unspecified atom stereocenters. The Morgan fingerprint density at radius 2 is 1.67 bits per heavy atom. The largest absolute Gasteiger partial charge is 0.434 e. The van der Waals surface area contributed by atoms with Crippen molar-refractivity contribution in [2.75, 3.05) is 0 Å². The molecular formula is C16H18F2N2O. The van der Waals surface area contributed by atoms with Crippen LogP contribution in [0.25, 0.3) is 0 Å². The lowest BCUT2D eigenvalue weighted by Crippen LogP contribution is -2.23. The highest BCUT2D eigenvalue weighted by Crippen LogP contribution is 2.28. The molecule has 0 spiro atoms. The van der Waals surface area contributed by atoms with Crippen molar-refractivity contribution < 1.29 is 13.5 Å². The van der Waals surface area contributed by atoms with Crippen LogP contribution in [0.4, 0.5) is 8.78 Å². The molecule has 1 N–H and O–H groups in total. The van der Waals surface area contributed by atoms with Crippen molar-refractivity contribution in [2.45, 2.75) is 32.5 Å². The lowest BCUT2D eigenvalue weighted by Gasteiger charge is -2.22. The van der Waals surface area contributed by atoms with E-state index in [1.165, 1.54) is 0 Å². The maximum atomic E-state index is 12.4. The van der Waals surface area contributed by atoms with E-state index in [4.69, 9.17) is 0 Å². The molecule has 21 heavy (non-hydrogen) atoms. The van der Waals surface area contributed by atoms with Gasteiger partial charge in [-0.3, -0.25) is 4.98 Å². The summed E-state index contributed by atoms with van der Waals surface area (Å²) < 4.78 is 29.5. The number of hydrogen-bond donors (Lipinski definition) is 1. The van der Waals surface area contributed by atoms with E-state index in [9.17, 15) is 8.78 Å². The number of hydrogen-bond acceptors (Lipinski definition) is 3. The summed E-state index contributed by atoms with van der Waals surface area (Å²) in [5.74, 6) is 0.203. The zero-order chi connectivity index (χ0) is 15.2. The van der Waals surface area contributed by atoms with Crippen LogP contribution in [-0.4, -0.2) is 11.6 Å². The summed E-state index contributed by atoms with van der Waals surface area (Å²) in [5, 5.41) is 3.37. The van der Waals surface area contributed by atoms with Crippen molar-refractivity contribution >= 4 is 0 Å². The third kappa shape index (κ3) is 4.23. The minimum Gasteiger partial charge on any atom is -0.434 e. The zero-order valence-corrected chi connectivity index (χ0v) is 12.0. The lowest BCUT2D eigenvalue weighted by atomic mass is 10.0. The van der Waals surface area contributed by atoms with E-state index >= 15 is 0 Å². The first-order valence-corrected chi connectivity index (χ1v) is 6.77. The van der Waals surface area contributed by atoms with Gasteiger partial charge in [-0.25, -0.2) is 0 Å². The van der Waals surface area contributed by atoms with Gasteiger partial charge in [0.1, 0.15) is 5.75 Å². The number of pyridine rings is 1. The SMILES string of the molecule is CC(NC(C)c1ccccc1OC(F)F)c1ccncc1. The molecule has 0 saturated carbocycles. The Morgan fingerprint density at radius 3 is 2.33 bits per heavy atom. The Balaban J connectivity index is 2.11. The monoisotopic (exact) mass is 292 g/mol. The van der Waals surface area contributed by atoms with Crippen LogP contribution in [0.2, 0.25) is 0 Å². The van der Waals surface area contributed by atoms with Gasteiger partial charge in [0.25, 0.3) is 0 Å². The minimum atomic E-state index is -2.82. The van der Waals surface area contributed by atoms with E-state index in [0.29, 0.717) is 5.56 Å². The molecular weight excluding hydrogens is 274 g/mol. The summed E-state index contributed by atoms with van der Waals surface area (Å²) >= 11 is 0. The molecule has 0 aliphatic carbocycles. The van der Waals surface area contributed by atoms with Crippen LogP contribution < -0.4 is 10.1 Å².